The number of aliphatic hydroxyl groups is 1. The summed E-state index contributed by atoms with van der Waals surface area (Å²) in [5, 5.41) is 10.6. The van der Waals surface area contributed by atoms with Crippen LogP contribution in [0.4, 0.5) is 0 Å². The van der Waals surface area contributed by atoms with E-state index in [0.717, 1.165) is 6.42 Å². The van der Waals surface area contributed by atoms with E-state index in [2.05, 4.69) is 19.9 Å². The second-order valence-corrected chi connectivity index (χ2v) is 11.4. The summed E-state index contributed by atoms with van der Waals surface area (Å²) in [7, 11) is 0. The Labute approximate surface area is 163 Å². The minimum atomic E-state index is -1.09. The molecule has 0 bridgehead atoms. The molecule has 0 radical (unpaired) electrons. The van der Waals surface area contributed by atoms with Crippen molar-refractivity contribution in [1.29, 1.82) is 0 Å². The Hall–Kier alpha value is -0.670. The van der Waals surface area contributed by atoms with Gasteiger partial charge in [-0.1, -0.05) is 32.8 Å². The number of rotatable bonds is 2. The van der Waals surface area contributed by atoms with E-state index in [4.69, 9.17) is 4.74 Å². The van der Waals surface area contributed by atoms with Crippen molar-refractivity contribution in [3.05, 3.63) is 12.2 Å². The number of hydrogen-bond donors (Lipinski definition) is 1. The van der Waals surface area contributed by atoms with Gasteiger partial charge in [0, 0.05) is 10.8 Å². The number of hydrogen-bond acceptors (Lipinski definition) is 3. The lowest BCUT2D eigenvalue weighted by molar-refractivity contribution is -0.284. The molecule has 4 saturated carbocycles. The van der Waals surface area contributed by atoms with Crippen LogP contribution in [0.15, 0.2) is 12.2 Å². The molecular weight excluding hydrogens is 336 g/mol. The zero-order chi connectivity index (χ0) is 19.2. The standard InChI is InChI=1S/C24H36O3/c1-21(2,26)27-20-17-7-5-6-11-22(17,3)16-10-12-23(4)15(8-9-18(23)25)19(16)24(20)13-14-24/h8-9,15-17,19-20,26H,5-7,10-14H2,1-4H3/t15?,16?,17?,19?,20-,22?,23?/m1/s1. The van der Waals surface area contributed by atoms with E-state index >= 15 is 0 Å². The van der Waals surface area contributed by atoms with E-state index < -0.39 is 5.79 Å². The van der Waals surface area contributed by atoms with Gasteiger partial charge >= 0.3 is 0 Å². The maximum absolute atomic E-state index is 12.8. The van der Waals surface area contributed by atoms with Crippen molar-refractivity contribution in [1.82, 2.24) is 0 Å². The monoisotopic (exact) mass is 372 g/mol. The van der Waals surface area contributed by atoms with Gasteiger partial charge < -0.3 is 9.84 Å². The van der Waals surface area contributed by atoms with Gasteiger partial charge in [-0.2, -0.15) is 0 Å². The molecule has 5 rings (SSSR count). The van der Waals surface area contributed by atoms with Crippen LogP contribution in [0, 0.1) is 39.9 Å². The molecule has 1 N–H and O–H groups in total. The zero-order valence-corrected chi connectivity index (χ0v) is 17.5. The van der Waals surface area contributed by atoms with Gasteiger partial charge in [0.15, 0.2) is 11.6 Å². The fourth-order valence-electron chi connectivity index (χ4n) is 8.15. The van der Waals surface area contributed by atoms with Crippen LogP contribution in [0.5, 0.6) is 0 Å². The summed E-state index contributed by atoms with van der Waals surface area (Å²) >= 11 is 0. The summed E-state index contributed by atoms with van der Waals surface area (Å²) in [5.41, 5.74) is 0.259. The number of allylic oxidation sites excluding steroid dienone is 2. The van der Waals surface area contributed by atoms with Crippen LogP contribution in [0.3, 0.4) is 0 Å². The normalized spacial score (nSPS) is 50.3. The molecule has 0 heterocycles. The summed E-state index contributed by atoms with van der Waals surface area (Å²) in [6.07, 6.45) is 14.0. The van der Waals surface area contributed by atoms with E-state index in [-0.39, 0.29) is 22.3 Å². The van der Waals surface area contributed by atoms with Crippen LogP contribution >= 0.6 is 0 Å². The van der Waals surface area contributed by atoms with E-state index in [0.29, 0.717) is 29.5 Å². The molecule has 0 aliphatic heterocycles. The van der Waals surface area contributed by atoms with Crippen molar-refractivity contribution >= 4 is 5.78 Å². The molecule has 0 aromatic heterocycles. The van der Waals surface area contributed by atoms with Gasteiger partial charge in [-0.3, -0.25) is 4.79 Å². The minimum absolute atomic E-state index is 0.135. The number of ketones is 1. The SMILES string of the molecule is CC(C)(O)O[C@@H]1C2CCCCC2(C)C2CCC3(C)C(=O)C=CC3C2C12CC2. The van der Waals surface area contributed by atoms with Crippen LogP contribution in [0.25, 0.3) is 0 Å². The zero-order valence-electron chi connectivity index (χ0n) is 17.5. The minimum Gasteiger partial charge on any atom is -0.366 e. The van der Waals surface area contributed by atoms with Crippen LogP contribution in [0.2, 0.25) is 0 Å². The molecule has 27 heavy (non-hydrogen) atoms. The van der Waals surface area contributed by atoms with E-state index in [1.165, 1.54) is 44.9 Å². The largest absolute Gasteiger partial charge is 0.366 e. The summed E-state index contributed by atoms with van der Waals surface area (Å²) in [5.74, 6) is 1.39. The fourth-order valence-corrected chi connectivity index (χ4v) is 8.15. The average molecular weight is 373 g/mol. The number of carbonyl (C=O) groups excluding carboxylic acids is 1. The quantitative estimate of drug-likeness (QED) is 0.703. The Morgan fingerprint density at radius 2 is 1.81 bits per heavy atom. The second-order valence-electron chi connectivity index (χ2n) is 11.4. The summed E-state index contributed by atoms with van der Waals surface area (Å²) in [6.45, 7) is 8.32. The highest BCUT2D eigenvalue weighted by atomic mass is 16.6. The molecule has 5 aliphatic carbocycles. The Balaban J connectivity index is 1.62. The highest BCUT2D eigenvalue weighted by molar-refractivity contribution is 5.97. The Bertz CT molecular complexity index is 684. The summed E-state index contributed by atoms with van der Waals surface area (Å²) in [6, 6.07) is 0. The Morgan fingerprint density at radius 3 is 2.48 bits per heavy atom. The summed E-state index contributed by atoms with van der Waals surface area (Å²) < 4.78 is 6.49. The van der Waals surface area contributed by atoms with E-state index in [1.807, 2.05) is 6.08 Å². The maximum atomic E-state index is 12.8. The molecule has 0 amide bonds. The Kier molecular flexibility index (Phi) is 3.72. The van der Waals surface area contributed by atoms with E-state index in [1.54, 1.807) is 13.8 Å². The predicted molar refractivity (Wildman–Crippen MR) is 105 cm³/mol. The fraction of sp³-hybridized carbons (Fsp3) is 0.875. The molecule has 3 heteroatoms. The van der Waals surface area contributed by atoms with Crippen molar-refractivity contribution in [3.63, 3.8) is 0 Å². The third-order valence-electron chi connectivity index (χ3n) is 9.56. The van der Waals surface area contributed by atoms with E-state index in [9.17, 15) is 9.90 Å². The summed E-state index contributed by atoms with van der Waals surface area (Å²) in [4.78, 5) is 12.8. The maximum Gasteiger partial charge on any atom is 0.161 e. The molecule has 0 aromatic carbocycles. The molecule has 3 nitrogen and oxygen atoms in total. The van der Waals surface area contributed by atoms with Crippen LogP contribution in [-0.4, -0.2) is 22.8 Å². The lowest BCUT2D eigenvalue weighted by atomic mass is 9.41. The van der Waals surface area contributed by atoms with Gasteiger partial charge in [0.2, 0.25) is 0 Å². The first-order valence-corrected chi connectivity index (χ1v) is 11.2. The predicted octanol–water partition coefficient (Wildman–Crippen LogP) is 4.88. The topological polar surface area (TPSA) is 46.5 Å². The first-order valence-electron chi connectivity index (χ1n) is 11.2. The molecular formula is C24H36O3. The Morgan fingerprint density at radius 1 is 1.07 bits per heavy atom. The number of ether oxygens (including phenoxy) is 1. The van der Waals surface area contributed by atoms with Gasteiger partial charge in [0.05, 0.1) is 6.10 Å². The number of carbonyl (C=O) groups is 1. The van der Waals surface area contributed by atoms with Gasteiger partial charge in [-0.15, -0.1) is 0 Å². The molecule has 1 spiro atoms. The molecule has 5 aliphatic rings. The number of fused-ring (bicyclic) bond motifs is 6. The van der Waals surface area contributed by atoms with Crippen molar-refractivity contribution < 1.29 is 14.6 Å². The smallest absolute Gasteiger partial charge is 0.161 e. The first kappa shape index (κ1) is 18.4. The van der Waals surface area contributed by atoms with Crippen molar-refractivity contribution in [2.24, 2.45) is 39.9 Å². The van der Waals surface area contributed by atoms with Crippen molar-refractivity contribution in [2.75, 3.05) is 0 Å². The van der Waals surface area contributed by atoms with Gasteiger partial charge in [0.1, 0.15) is 0 Å². The lowest BCUT2D eigenvalue weighted by Crippen LogP contribution is -2.63. The highest BCUT2D eigenvalue weighted by Crippen LogP contribution is 2.76. The van der Waals surface area contributed by atoms with Gasteiger partial charge in [-0.25, -0.2) is 0 Å². The van der Waals surface area contributed by atoms with Crippen molar-refractivity contribution in [3.8, 4) is 0 Å². The van der Waals surface area contributed by atoms with Crippen LogP contribution in [-0.2, 0) is 9.53 Å². The molecule has 0 saturated heterocycles. The first-order chi connectivity index (χ1) is 12.6. The van der Waals surface area contributed by atoms with Gasteiger partial charge in [0.25, 0.3) is 0 Å². The molecule has 4 fully saturated rings. The lowest BCUT2D eigenvalue weighted by Gasteiger charge is -2.65. The molecule has 6 unspecified atom stereocenters. The second kappa shape index (κ2) is 5.48. The van der Waals surface area contributed by atoms with Gasteiger partial charge in [-0.05, 0) is 87.5 Å². The third kappa shape index (κ3) is 2.37. The van der Waals surface area contributed by atoms with Crippen LogP contribution in [0.1, 0.15) is 79.1 Å². The highest BCUT2D eigenvalue weighted by Gasteiger charge is 2.73. The van der Waals surface area contributed by atoms with Crippen LogP contribution < -0.4 is 0 Å². The van der Waals surface area contributed by atoms with Crippen molar-refractivity contribution in [2.45, 2.75) is 91.0 Å². The average Bonchev–Trinajstić information content (AvgIpc) is 3.32. The third-order valence-corrected chi connectivity index (χ3v) is 9.56. The molecule has 150 valence electrons. The molecule has 7 atom stereocenters. The molecule has 0 aromatic rings.